The molecule has 0 aromatic carbocycles. The summed E-state index contributed by atoms with van der Waals surface area (Å²) in [5.74, 6) is 0.753. The van der Waals surface area contributed by atoms with Gasteiger partial charge in [-0.15, -0.1) is 0 Å². The molecular weight excluding hydrogens is 224 g/mol. The highest BCUT2D eigenvalue weighted by Crippen LogP contribution is 2.22. The lowest BCUT2D eigenvalue weighted by molar-refractivity contribution is 0.409. The van der Waals surface area contributed by atoms with Crippen LogP contribution >= 0.6 is 0 Å². The van der Waals surface area contributed by atoms with Crippen molar-refractivity contribution >= 4 is 5.95 Å². The van der Waals surface area contributed by atoms with Crippen LogP contribution in [0.4, 0.5) is 5.95 Å². The normalized spacial score (nSPS) is 24.9. The third-order valence-corrected chi connectivity index (χ3v) is 3.53. The molecule has 0 amide bonds. The van der Waals surface area contributed by atoms with Gasteiger partial charge in [0, 0.05) is 23.7 Å². The van der Waals surface area contributed by atoms with Gasteiger partial charge in [-0.3, -0.25) is 0 Å². The van der Waals surface area contributed by atoms with Crippen molar-refractivity contribution in [3.63, 3.8) is 0 Å². The number of nitrogens with two attached hydrogens (primary N) is 1. The molecule has 2 rings (SSSR count). The van der Waals surface area contributed by atoms with E-state index in [2.05, 4.69) is 36.1 Å². The molecule has 100 valence electrons. The van der Waals surface area contributed by atoms with Gasteiger partial charge in [0.2, 0.25) is 5.95 Å². The molecule has 0 saturated heterocycles. The van der Waals surface area contributed by atoms with Gasteiger partial charge >= 0.3 is 0 Å². The second-order valence-electron chi connectivity index (χ2n) is 6.27. The number of nitrogens with one attached hydrogen (secondary N) is 1. The molecule has 3 N–H and O–H groups in total. The number of anilines is 1. The van der Waals surface area contributed by atoms with E-state index < -0.39 is 0 Å². The minimum atomic E-state index is 0.0638. The van der Waals surface area contributed by atoms with E-state index in [4.69, 9.17) is 5.73 Å². The fourth-order valence-electron chi connectivity index (χ4n) is 2.29. The summed E-state index contributed by atoms with van der Waals surface area (Å²) in [5.41, 5.74) is 7.05. The molecule has 18 heavy (non-hydrogen) atoms. The first-order valence-electron chi connectivity index (χ1n) is 6.81. The summed E-state index contributed by atoms with van der Waals surface area (Å²) in [4.78, 5) is 8.92. The van der Waals surface area contributed by atoms with Crippen molar-refractivity contribution in [2.45, 2.75) is 64.0 Å². The fourth-order valence-corrected chi connectivity index (χ4v) is 2.29. The largest absolute Gasteiger partial charge is 0.351 e. The van der Waals surface area contributed by atoms with Crippen LogP contribution in [0.3, 0.4) is 0 Å². The van der Waals surface area contributed by atoms with Crippen molar-refractivity contribution in [1.29, 1.82) is 0 Å². The number of aromatic nitrogens is 2. The van der Waals surface area contributed by atoms with Crippen LogP contribution in [0.2, 0.25) is 0 Å². The lowest BCUT2D eigenvalue weighted by Crippen LogP contribution is -2.33. The molecule has 1 aromatic rings. The Kier molecular flexibility index (Phi) is 3.85. The first kappa shape index (κ1) is 13.3. The highest BCUT2D eigenvalue weighted by molar-refractivity contribution is 5.29. The van der Waals surface area contributed by atoms with Gasteiger partial charge in [0.25, 0.3) is 0 Å². The van der Waals surface area contributed by atoms with Gasteiger partial charge in [0.05, 0.1) is 5.69 Å². The number of nitrogens with zero attached hydrogens (tertiary/aromatic N) is 2. The zero-order valence-electron chi connectivity index (χ0n) is 11.6. The number of hydrogen-bond acceptors (Lipinski definition) is 4. The van der Waals surface area contributed by atoms with Gasteiger partial charge in [-0.05, 0) is 31.7 Å². The predicted molar refractivity (Wildman–Crippen MR) is 74.6 cm³/mol. The van der Waals surface area contributed by atoms with Crippen molar-refractivity contribution in [2.24, 2.45) is 5.73 Å². The summed E-state index contributed by atoms with van der Waals surface area (Å²) in [6, 6.07) is 2.84. The van der Waals surface area contributed by atoms with Crippen molar-refractivity contribution < 1.29 is 0 Å². The molecule has 0 radical (unpaired) electrons. The SMILES string of the molecule is CC(C)(C)c1ccnc(NC2CCC(N)CC2)n1. The summed E-state index contributed by atoms with van der Waals surface area (Å²) in [6.45, 7) is 6.50. The van der Waals surface area contributed by atoms with Gasteiger partial charge < -0.3 is 11.1 Å². The minimum absolute atomic E-state index is 0.0638. The average Bonchev–Trinajstić information content (AvgIpc) is 2.31. The Labute approximate surface area is 109 Å². The van der Waals surface area contributed by atoms with Crippen LogP contribution in [-0.4, -0.2) is 22.1 Å². The van der Waals surface area contributed by atoms with Crippen LogP contribution in [0, 0.1) is 0 Å². The third kappa shape index (κ3) is 3.42. The van der Waals surface area contributed by atoms with Crippen LogP contribution in [0.15, 0.2) is 12.3 Å². The zero-order valence-corrected chi connectivity index (χ0v) is 11.6. The zero-order chi connectivity index (χ0) is 13.2. The molecular formula is C14H24N4. The van der Waals surface area contributed by atoms with Crippen LogP contribution in [-0.2, 0) is 5.41 Å². The smallest absolute Gasteiger partial charge is 0.223 e. The lowest BCUT2D eigenvalue weighted by atomic mass is 9.91. The third-order valence-electron chi connectivity index (χ3n) is 3.53. The molecule has 0 unspecified atom stereocenters. The molecule has 1 fully saturated rings. The summed E-state index contributed by atoms with van der Waals surface area (Å²) >= 11 is 0. The Balaban J connectivity index is 2.01. The van der Waals surface area contributed by atoms with E-state index in [1.807, 2.05) is 12.3 Å². The Morgan fingerprint density at radius 2 is 1.89 bits per heavy atom. The molecule has 1 aliphatic carbocycles. The molecule has 4 nitrogen and oxygen atoms in total. The fraction of sp³-hybridized carbons (Fsp3) is 0.714. The van der Waals surface area contributed by atoms with Gasteiger partial charge in [0.15, 0.2) is 0 Å². The maximum absolute atomic E-state index is 5.91. The summed E-state index contributed by atoms with van der Waals surface area (Å²) in [5, 5.41) is 3.44. The number of rotatable bonds is 2. The first-order chi connectivity index (χ1) is 8.45. The van der Waals surface area contributed by atoms with Gasteiger partial charge in [-0.25, -0.2) is 9.97 Å². The Hall–Kier alpha value is -1.16. The van der Waals surface area contributed by atoms with Crippen LogP contribution in [0.5, 0.6) is 0 Å². The maximum atomic E-state index is 5.91. The molecule has 1 aliphatic rings. The highest BCUT2D eigenvalue weighted by atomic mass is 15.1. The van der Waals surface area contributed by atoms with Crippen LogP contribution < -0.4 is 11.1 Å². The molecule has 1 heterocycles. The molecule has 0 aliphatic heterocycles. The molecule has 1 aromatic heterocycles. The van der Waals surface area contributed by atoms with E-state index in [1.165, 1.54) is 0 Å². The quantitative estimate of drug-likeness (QED) is 0.844. The Bertz CT molecular complexity index is 389. The van der Waals surface area contributed by atoms with Gasteiger partial charge in [0.1, 0.15) is 0 Å². The van der Waals surface area contributed by atoms with Crippen molar-refractivity contribution in [2.75, 3.05) is 5.32 Å². The van der Waals surface area contributed by atoms with Crippen molar-refractivity contribution in [1.82, 2.24) is 9.97 Å². The van der Waals surface area contributed by atoms with Crippen molar-refractivity contribution in [3.05, 3.63) is 18.0 Å². The van der Waals surface area contributed by atoms with Crippen molar-refractivity contribution in [3.8, 4) is 0 Å². The first-order valence-corrected chi connectivity index (χ1v) is 6.81. The second kappa shape index (κ2) is 5.22. The van der Waals surface area contributed by atoms with E-state index in [0.29, 0.717) is 12.1 Å². The summed E-state index contributed by atoms with van der Waals surface area (Å²) < 4.78 is 0. The lowest BCUT2D eigenvalue weighted by Gasteiger charge is -2.27. The monoisotopic (exact) mass is 248 g/mol. The van der Waals surface area contributed by atoms with E-state index in [1.54, 1.807) is 0 Å². The summed E-state index contributed by atoms with van der Waals surface area (Å²) in [6.07, 6.45) is 6.26. The standard InChI is InChI=1S/C14H24N4/c1-14(2,3)12-8-9-16-13(18-12)17-11-6-4-10(15)5-7-11/h8-11H,4-7,15H2,1-3H3,(H,16,17,18). The number of hydrogen-bond donors (Lipinski definition) is 2. The molecule has 1 saturated carbocycles. The predicted octanol–water partition coefficient (Wildman–Crippen LogP) is 2.46. The molecule has 0 bridgehead atoms. The molecule has 0 atom stereocenters. The van der Waals surface area contributed by atoms with E-state index in [0.717, 1.165) is 37.3 Å². The van der Waals surface area contributed by atoms with E-state index in [9.17, 15) is 0 Å². The van der Waals surface area contributed by atoms with E-state index >= 15 is 0 Å². The summed E-state index contributed by atoms with van der Waals surface area (Å²) in [7, 11) is 0. The van der Waals surface area contributed by atoms with E-state index in [-0.39, 0.29) is 5.41 Å². The highest BCUT2D eigenvalue weighted by Gasteiger charge is 2.20. The Morgan fingerprint density at radius 1 is 1.22 bits per heavy atom. The van der Waals surface area contributed by atoms with Crippen LogP contribution in [0.25, 0.3) is 0 Å². The minimum Gasteiger partial charge on any atom is -0.351 e. The van der Waals surface area contributed by atoms with Gasteiger partial charge in [-0.2, -0.15) is 0 Å². The van der Waals surface area contributed by atoms with Crippen LogP contribution in [0.1, 0.15) is 52.1 Å². The molecule has 0 spiro atoms. The molecule has 4 heteroatoms. The second-order valence-corrected chi connectivity index (χ2v) is 6.27. The average molecular weight is 248 g/mol. The Morgan fingerprint density at radius 3 is 2.50 bits per heavy atom. The topological polar surface area (TPSA) is 63.8 Å². The van der Waals surface area contributed by atoms with Gasteiger partial charge in [-0.1, -0.05) is 20.8 Å². The maximum Gasteiger partial charge on any atom is 0.223 e.